The summed E-state index contributed by atoms with van der Waals surface area (Å²) in [6, 6.07) is 5.65. The monoisotopic (exact) mass is 261 g/mol. The summed E-state index contributed by atoms with van der Waals surface area (Å²) in [5.41, 5.74) is 10.3. The normalized spacial score (nSPS) is 12.4. The Morgan fingerprint density at radius 2 is 2.21 bits per heavy atom. The molecule has 102 valence electrons. The van der Waals surface area contributed by atoms with Crippen molar-refractivity contribution in [1.82, 2.24) is 4.98 Å². The first-order chi connectivity index (χ1) is 9.15. The van der Waals surface area contributed by atoms with E-state index in [1.807, 2.05) is 37.6 Å². The highest BCUT2D eigenvalue weighted by Crippen LogP contribution is 2.32. The van der Waals surface area contributed by atoms with Crippen LogP contribution in [-0.4, -0.2) is 35.0 Å². The molecule has 0 saturated heterocycles. The molecule has 0 saturated carbocycles. The van der Waals surface area contributed by atoms with Gasteiger partial charge in [0.05, 0.1) is 12.7 Å². The number of benzene rings is 1. The van der Waals surface area contributed by atoms with Gasteiger partial charge in [-0.2, -0.15) is 0 Å². The molecule has 6 N–H and O–H groups in total. The van der Waals surface area contributed by atoms with E-state index in [0.29, 0.717) is 12.1 Å². The van der Waals surface area contributed by atoms with Crippen molar-refractivity contribution in [3.8, 4) is 11.1 Å². The number of hydrogen-bond donors (Lipinski definition) is 5. The van der Waals surface area contributed by atoms with Crippen LogP contribution in [0.2, 0.25) is 0 Å². The molecule has 0 aliphatic rings. The zero-order chi connectivity index (χ0) is 13.8. The van der Waals surface area contributed by atoms with Gasteiger partial charge in [-0.3, -0.25) is 0 Å². The van der Waals surface area contributed by atoms with Gasteiger partial charge in [0, 0.05) is 37.2 Å². The van der Waals surface area contributed by atoms with Gasteiger partial charge in [0.2, 0.25) is 0 Å². The fourth-order valence-corrected chi connectivity index (χ4v) is 2.19. The van der Waals surface area contributed by atoms with E-state index in [2.05, 4.69) is 10.3 Å². The van der Waals surface area contributed by atoms with Crippen molar-refractivity contribution >= 4 is 11.4 Å². The summed E-state index contributed by atoms with van der Waals surface area (Å²) in [7, 11) is 1.81. The van der Waals surface area contributed by atoms with E-state index in [-0.39, 0.29) is 6.61 Å². The maximum atomic E-state index is 9.71. The zero-order valence-electron chi connectivity index (χ0n) is 10.9. The van der Waals surface area contributed by atoms with Crippen LogP contribution in [0.25, 0.3) is 11.1 Å². The fraction of sp³-hybridized carbons (Fsp3) is 0.286. The van der Waals surface area contributed by atoms with E-state index in [0.717, 1.165) is 22.4 Å². The predicted molar refractivity (Wildman–Crippen MR) is 77.0 cm³/mol. The number of aromatic nitrogens is 1. The first-order valence-electron chi connectivity index (χ1n) is 6.18. The maximum absolute atomic E-state index is 9.71. The fourth-order valence-electron chi connectivity index (χ4n) is 2.19. The summed E-state index contributed by atoms with van der Waals surface area (Å²) >= 11 is 0. The number of nitrogens with two attached hydrogens (primary N) is 1. The Morgan fingerprint density at radius 1 is 1.42 bits per heavy atom. The Balaban J connectivity index is 2.53. The van der Waals surface area contributed by atoms with Crippen LogP contribution < -0.4 is 11.1 Å². The number of anilines is 2. The van der Waals surface area contributed by atoms with Crippen LogP contribution in [0.3, 0.4) is 0 Å². The molecule has 1 aromatic heterocycles. The van der Waals surface area contributed by atoms with Crippen LogP contribution in [0.4, 0.5) is 11.4 Å². The smallest absolute Gasteiger partial charge is 0.0812 e. The molecule has 0 aliphatic heterocycles. The van der Waals surface area contributed by atoms with Gasteiger partial charge in [-0.25, -0.2) is 0 Å². The van der Waals surface area contributed by atoms with Crippen molar-refractivity contribution in [2.45, 2.75) is 12.5 Å². The average Bonchev–Trinajstić information content (AvgIpc) is 2.93. The minimum Gasteiger partial charge on any atom is -0.399 e. The van der Waals surface area contributed by atoms with Crippen LogP contribution in [0.5, 0.6) is 0 Å². The lowest BCUT2D eigenvalue weighted by Crippen LogP contribution is -2.17. The molecule has 1 aromatic carbocycles. The highest BCUT2D eigenvalue weighted by atomic mass is 16.3. The van der Waals surface area contributed by atoms with Crippen LogP contribution in [0.15, 0.2) is 30.6 Å². The number of rotatable bonds is 5. The largest absolute Gasteiger partial charge is 0.399 e. The summed E-state index contributed by atoms with van der Waals surface area (Å²) in [5.74, 6) is 0. The lowest BCUT2D eigenvalue weighted by molar-refractivity contribution is 0.0957. The number of nitrogen functional groups attached to an aromatic ring is 1. The second-order valence-corrected chi connectivity index (χ2v) is 4.48. The minimum atomic E-state index is -0.784. The van der Waals surface area contributed by atoms with Crippen molar-refractivity contribution in [3.63, 3.8) is 0 Å². The number of H-pyrrole nitrogens is 1. The molecule has 0 spiro atoms. The third-order valence-electron chi connectivity index (χ3n) is 3.10. The molecule has 0 radical (unpaired) electrons. The quantitative estimate of drug-likeness (QED) is 0.523. The molecule has 5 nitrogen and oxygen atoms in total. The summed E-state index contributed by atoms with van der Waals surface area (Å²) in [5, 5.41) is 21.8. The number of aromatic amines is 1. The van der Waals surface area contributed by atoms with E-state index < -0.39 is 6.10 Å². The Kier molecular flexibility index (Phi) is 4.09. The van der Waals surface area contributed by atoms with Gasteiger partial charge >= 0.3 is 0 Å². The van der Waals surface area contributed by atoms with Crippen molar-refractivity contribution < 1.29 is 10.2 Å². The SMILES string of the molecule is CNc1cc(N)cc(-c2cc[nH]c2)c1CC(O)CO. The van der Waals surface area contributed by atoms with Crippen LogP contribution in [0.1, 0.15) is 5.56 Å². The van der Waals surface area contributed by atoms with E-state index >= 15 is 0 Å². The predicted octanol–water partition coefficient (Wildman–Crippen LogP) is 1.20. The lowest BCUT2D eigenvalue weighted by Gasteiger charge is -2.17. The average molecular weight is 261 g/mol. The summed E-state index contributed by atoms with van der Waals surface area (Å²) in [6.07, 6.45) is 3.30. The van der Waals surface area contributed by atoms with Crippen molar-refractivity contribution in [3.05, 3.63) is 36.2 Å². The highest BCUT2D eigenvalue weighted by Gasteiger charge is 2.15. The zero-order valence-corrected chi connectivity index (χ0v) is 10.9. The summed E-state index contributed by atoms with van der Waals surface area (Å²) in [6.45, 7) is -0.264. The second kappa shape index (κ2) is 5.77. The molecule has 0 amide bonds. The molecule has 2 aromatic rings. The van der Waals surface area contributed by atoms with E-state index in [9.17, 15) is 5.11 Å². The van der Waals surface area contributed by atoms with Crippen LogP contribution in [-0.2, 0) is 6.42 Å². The highest BCUT2D eigenvalue weighted by molar-refractivity contribution is 5.78. The van der Waals surface area contributed by atoms with Gasteiger partial charge in [0.15, 0.2) is 0 Å². The van der Waals surface area contributed by atoms with Crippen molar-refractivity contribution in [2.24, 2.45) is 0 Å². The molecule has 0 bridgehead atoms. The standard InChI is InChI=1S/C14H19N3O2/c1-16-14-5-10(15)4-12(9-2-3-17-7-9)13(14)6-11(19)8-18/h2-5,7,11,16-19H,6,8,15H2,1H3. The minimum absolute atomic E-state index is 0.264. The Labute approximate surface area is 112 Å². The van der Waals surface area contributed by atoms with Gasteiger partial charge in [-0.05, 0) is 34.9 Å². The molecular weight excluding hydrogens is 242 g/mol. The molecular formula is C14H19N3O2. The van der Waals surface area contributed by atoms with Gasteiger partial charge in [-0.1, -0.05) is 0 Å². The van der Waals surface area contributed by atoms with E-state index in [1.54, 1.807) is 0 Å². The van der Waals surface area contributed by atoms with E-state index in [1.165, 1.54) is 0 Å². The third kappa shape index (κ3) is 2.89. The van der Waals surface area contributed by atoms with Gasteiger partial charge in [0.1, 0.15) is 0 Å². The molecule has 19 heavy (non-hydrogen) atoms. The van der Waals surface area contributed by atoms with Gasteiger partial charge in [0.25, 0.3) is 0 Å². The summed E-state index contributed by atoms with van der Waals surface area (Å²) in [4.78, 5) is 3.01. The molecule has 1 heterocycles. The number of aliphatic hydroxyl groups excluding tert-OH is 2. The van der Waals surface area contributed by atoms with Crippen LogP contribution >= 0.6 is 0 Å². The molecule has 1 atom stereocenters. The van der Waals surface area contributed by atoms with Crippen molar-refractivity contribution in [2.75, 3.05) is 24.7 Å². The Hall–Kier alpha value is -1.98. The molecule has 0 aliphatic carbocycles. The van der Waals surface area contributed by atoms with E-state index in [4.69, 9.17) is 10.8 Å². The number of hydrogen-bond acceptors (Lipinski definition) is 4. The third-order valence-corrected chi connectivity index (χ3v) is 3.10. The number of nitrogens with one attached hydrogen (secondary N) is 2. The lowest BCUT2D eigenvalue weighted by atomic mass is 9.95. The van der Waals surface area contributed by atoms with Gasteiger partial charge in [-0.15, -0.1) is 0 Å². The Morgan fingerprint density at radius 3 is 2.79 bits per heavy atom. The molecule has 0 fully saturated rings. The summed E-state index contributed by atoms with van der Waals surface area (Å²) < 4.78 is 0. The number of aliphatic hydroxyl groups is 2. The topological polar surface area (TPSA) is 94.3 Å². The maximum Gasteiger partial charge on any atom is 0.0812 e. The van der Waals surface area contributed by atoms with Crippen molar-refractivity contribution in [1.29, 1.82) is 0 Å². The molecule has 1 unspecified atom stereocenters. The van der Waals surface area contributed by atoms with Gasteiger partial charge < -0.3 is 26.2 Å². The molecule has 2 rings (SSSR count). The Bertz CT molecular complexity index is 538. The first kappa shape index (κ1) is 13.5. The first-order valence-corrected chi connectivity index (χ1v) is 6.18. The van der Waals surface area contributed by atoms with Crippen LogP contribution in [0, 0.1) is 0 Å². The second-order valence-electron chi connectivity index (χ2n) is 4.48. The molecule has 5 heteroatoms.